The maximum absolute atomic E-state index is 11.3. The highest BCUT2D eigenvalue weighted by atomic mass is 32.2. The van der Waals surface area contributed by atoms with Gasteiger partial charge in [0.25, 0.3) is 0 Å². The first-order valence-electron chi connectivity index (χ1n) is 6.24. The largest absolute Gasteiger partial charge is 0.481 e. The van der Waals surface area contributed by atoms with Crippen LogP contribution in [0.15, 0.2) is 0 Å². The van der Waals surface area contributed by atoms with Crippen LogP contribution in [0.2, 0.25) is 0 Å². The Kier molecular flexibility index (Phi) is 8.78. The van der Waals surface area contributed by atoms with Gasteiger partial charge in [-0.2, -0.15) is 0 Å². The predicted molar refractivity (Wildman–Crippen MR) is 76.8 cm³/mol. The monoisotopic (exact) mass is 306 g/mol. The zero-order chi connectivity index (χ0) is 15.6. The summed E-state index contributed by atoms with van der Waals surface area (Å²) in [6.07, 6.45) is 0.0926. The molecule has 0 aromatic rings. The third kappa shape index (κ3) is 13.0. The molecule has 116 valence electrons. The van der Waals surface area contributed by atoms with Crippen molar-refractivity contribution < 1.29 is 24.2 Å². The summed E-state index contributed by atoms with van der Waals surface area (Å²) in [6, 6.07) is 0. The summed E-state index contributed by atoms with van der Waals surface area (Å²) in [7, 11) is 0. The Morgan fingerprint density at radius 1 is 1.10 bits per heavy atom. The van der Waals surface area contributed by atoms with Crippen molar-refractivity contribution in [3.05, 3.63) is 0 Å². The van der Waals surface area contributed by atoms with Gasteiger partial charge in [0.2, 0.25) is 5.91 Å². The first kappa shape index (κ1) is 18.6. The van der Waals surface area contributed by atoms with Gasteiger partial charge in [-0.05, 0) is 27.2 Å². The Bertz CT molecular complexity index is 341. The Hall–Kier alpha value is -1.44. The first-order valence-corrected chi connectivity index (χ1v) is 7.39. The van der Waals surface area contributed by atoms with Crippen molar-refractivity contribution in [3.8, 4) is 0 Å². The maximum Gasteiger partial charge on any atom is 0.407 e. The summed E-state index contributed by atoms with van der Waals surface area (Å²) < 4.78 is 5.04. The van der Waals surface area contributed by atoms with Crippen molar-refractivity contribution in [2.75, 3.05) is 24.6 Å². The number of rotatable bonds is 8. The van der Waals surface area contributed by atoms with Gasteiger partial charge in [-0.15, -0.1) is 11.8 Å². The van der Waals surface area contributed by atoms with Crippen LogP contribution in [-0.4, -0.2) is 53.3 Å². The van der Waals surface area contributed by atoms with Crippen molar-refractivity contribution >= 4 is 29.7 Å². The van der Waals surface area contributed by atoms with Gasteiger partial charge < -0.3 is 20.5 Å². The number of aliphatic carboxylic acids is 1. The number of nitrogens with one attached hydrogen (secondary N) is 2. The molecule has 0 bridgehead atoms. The van der Waals surface area contributed by atoms with Crippen LogP contribution in [0.3, 0.4) is 0 Å². The summed E-state index contributed by atoms with van der Waals surface area (Å²) >= 11 is 1.04. The lowest BCUT2D eigenvalue weighted by Crippen LogP contribution is -2.34. The van der Waals surface area contributed by atoms with Gasteiger partial charge in [0.1, 0.15) is 5.60 Å². The second-order valence-electron chi connectivity index (χ2n) is 5.02. The lowest BCUT2D eigenvalue weighted by molar-refractivity contribution is -0.133. The number of amides is 2. The Morgan fingerprint density at radius 2 is 1.70 bits per heavy atom. The predicted octanol–water partition coefficient (Wildman–Crippen LogP) is 0.835. The molecule has 0 aromatic carbocycles. The molecule has 0 aliphatic rings. The Balaban J connectivity index is 3.50. The lowest BCUT2D eigenvalue weighted by Gasteiger charge is -2.19. The number of hydrogen-bond acceptors (Lipinski definition) is 5. The number of ether oxygens (including phenoxy) is 1. The number of alkyl carbamates (subject to hydrolysis) is 1. The van der Waals surface area contributed by atoms with Gasteiger partial charge in [-0.1, -0.05) is 0 Å². The van der Waals surface area contributed by atoms with E-state index >= 15 is 0 Å². The zero-order valence-corrected chi connectivity index (χ0v) is 12.8. The molecule has 0 saturated heterocycles. The van der Waals surface area contributed by atoms with Crippen LogP contribution in [0.5, 0.6) is 0 Å². The quantitative estimate of drug-likeness (QED) is 0.574. The van der Waals surface area contributed by atoms with Gasteiger partial charge in [-0.25, -0.2) is 4.79 Å². The molecule has 8 heteroatoms. The molecule has 0 aromatic heterocycles. The molecule has 0 rings (SSSR count). The molecular weight excluding hydrogens is 284 g/mol. The number of hydrogen-bond donors (Lipinski definition) is 3. The smallest absolute Gasteiger partial charge is 0.407 e. The van der Waals surface area contributed by atoms with Crippen LogP contribution < -0.4 is 10.6 Å². The van der Waals surface area contributed by atoms with E-state index in [0.717, 1.165) is 11.8 Å². The van der Waals surface area contributed by atoms with E-state index in [4.69, 9.17) is 9.84 Å². The second kappa shape index (κ2) is 9.46. The average Bonchev–Trinajstić information content (AvgIpc) is 2.25. The van der Waals surface area contributed by atoms with E-state index in [1.165, 1.54) is 0 Å². The molecule has 0 aliphatic heterocycles. The molecule has 7 nitrogen and oxygen atoms in total. The molecule has 3 N–H and O–H groups in total. The minimum absolute atomic E-state index is 0.0897. The van der Waals surface area contributed by atoms with Crippen LogP contribution in [0, 0.1) is 0 Å². The van der Waals surface area contributed by atoms with Crippen molar-refractivity contribution in [2.24, 2.45) is 0 Å². The molecule has 20 heavy (non-hydrogen) atoms. The van der Waals surface area contributed by atoms with Gasteiger partial charge >= 0.3 is 12.1 Å². The van der Waals surface area contributed by atoms with E-state index in [9.17, 15) is 14.4 Å². The van der Waals surface area contributed by atoms with Crippen LogP contribution >= 0.6 is 11.8 Å². The van der Waals surface area contributed by atoms with E-state index in [1.807, 2.05) is 0 Å². The number of carboxylic acid groups (broad SMARTS) is 1. The highest BCUT2D eigenvalue weighted by Gasteiger charge is 2.15. The first-order chi connectivity index (χ1) is 9.20. The molecule has 0 fully saturated rings. The van der Waals surface area contributed by atoms with E-state index < -0.39 is 17.7 Å². The fourth-order valence-corrected chi connectivity index (χ4v) is 1.67. The van der Waals surface area contributed by atoms with E-state index in [0.29, 0.717) is 19.5 Å². The molecule has 0 radical (unpaired) electrons. The summed E-state index contributed by atoms with van der Waals surface area (Å²) in [5.41, 5.74) is -0.528. The highest BCUT2D eigenvalue weighted by Crippen LogP contribution is 2.06. The molecule has 0 spiro atoms. The molecule has 2 amide bonds. The molecule has 0 atom stereocenters. The maximum atomic E-state index is 11.3. The molecule has 0 saturated carbocycles. The fraction of sp³-hybridized carbons (Fsp3) is 0.750. The molecule has 0 unspecified atom stereocenters. The SMILES string of the molecule is CC(C)(C)OC(=O)NCCCNC(=O)CSCC(=O)O. The third-order valence-electron chi connectivity index (χ3n) is 1.80. The van der Waals surface area contributed by atoms with Gasteiger partial charge in [0.05, 0.1) is 11.5 Å². The average molecular weight is 306 g/mol. The van der Waals surface area contributed by atoms with Crippen molar-refractivity contribution in [2.45, 2.75) is 32.8 Å². The third-order valence-corrected chi connectivity index (χ3v) is 2.72. The summed E-state index contributed by atoms with van der Waals surface area (Å²) in [5.74, 6) is -1.13. The normalized spacial score (nSPS) is 10.8. The van der Waals surface area contributed by atoms with Crippen LogP contribution in [0.1, 0.15) is 27.2 Å². The van der Waals surface area contributed by atoms with Crippen molar-refractivity contribution in [3.63, 3.8) is 0 Å². The van der Waals surface area contributed by atoms with Crippen molar-refractivity contribution in [1.82, 2.24) is 10.6 Å². The van der Waals surface area contributed by atoms with Crippen LogP contribution in [0.25, 0.3) is 0 Å². The van der Waals surface area contributed by atoms with Gasteiger partial charge in [-0.3, -0.25) is 9.59 Å². The van der Waals surface area contributed by atoms with E-state index in [1.54, 1.807) is 20.8 Å². The molecular formula is C12H22N2O5S. The lowest BCUT2D eigenvalue weighted by atomic mass is 10.2. The number of carbonyl (C=O) groups excluding carboxylic acids is 2. The Morgan fingerprint density at radius 3 is 2.25 bits per heavy atom. The highest BCUT2D eigenvalue weighted by molar-refractivity contribution is 8.00. The fourth-order valence-electron chi connectivity index (χ4n) is 1.10. The number of thioether (sulfide) groups is 1. The minimum Gasteiger partial charge on any atom is -0.481 e. The minimum atomic E-state index is -0.940. The van der Waals surface area contributed by atoms with Crippen molar-refractivity contribution in [1.29, 1.82) is 0 Å². The van der Waals surface area contributed by atoms with E-state index in [-0.39, 0.29) is 17.4 Å². The van der Waals surface area contributed by atoms with Crippen LogP contribution in [-0.2, 0) is 14.3 Å². The van der Waals surface area contributed by atoms with Crippen LogP contribution in [0.4, 0.5) is 4.79 Å². The number of carbonyl (C=O) groups is 3. The molecule has 0 aliphatic carbocycles. The summed E-state index contributed by atoms with van der Waals surface area (Å²) in [5, 5.41) is 13.6. The summed E-state index contributed by atoms with van der Waals surface area (Å²) in [4.78, 5) is 32.8. The second-order valence-corrected chi connectivity index (χ2v) is 6.00. The zero-order valence-electron chi connectivity index (χ0n) is 12.0. The summed E-state index contributed by atoms with van der Waals surface area (Å²) in [6.45, 7) is 6.16. The Labute approximate surface area is 122 Å². The van der Waals surface area contributed by atoms with E-state index in [2.05, 4.69) is 10.6 Å². The van der Waals surface area contributed by atoms with Gasteiger partial charge in [0, 0.05) is 13.1 Å². The standard InChI is InChI=1S/C12H22N2O5S/c1-12(2,3)19-11(18)14-6-4-5-13-9(15)7-20-8-10(16)17/h4-8H2,1-3H3,(H,13,15)(H,14,18)(H,16,17). The number of carboxylic acids is 1. The topological polar surface area (TPSA) is 105 Å². The van der Waals surface area contributed by atoms with Gasteiger partial charge in [0.15, 0.2) is 0 Å². The molecule has 0 heterocycles.